The fourth-order valence-corrected chi connectivity index (χ4v) is 2.26. The number of fused-ring (bicyclic) bond motifs is 1. The van der Waals surface area contributed by atoms with Gasteiger partial charge >= 0.3 is 0 Å². The summed E-state index contributed by atoms with van der Waals surface area (Å²) in [7, 11) is 0. The van der Waals surface area contributed by atoms with Gasteiger partial charge in [0.1, 0.15) is 0 Å². The molecule has 0 N–H and O–H groups in total. The Kier molecular flexibility index (Phi) is 3.60. The molecule has 0 aliphatic carbocycles. The number of amides is 1. The Labute approximate surface area is 97.3 Å². The van der Waals surface area contributed by atoms with Gasteiger partial charge in [-0.1, -0.05) is 44.4 Å². The molecule has 0 unspecified atom stereocenters. The van der Waals surface area contributed by atoms with Crippen molar-refractivity contribution in [3.63, 3.8) is 0 Å². The molecule has 1 amide bonds. The third kappa shape index (κ3) is 2.26. The van der Waals surface area contributed by atoms with Crippen LogP contribution in [0.25, 0.3) is 0 Å². The van der Waals surface area contributed by atoms with Crippen molar-refractivity contribution in [1.82, 2.24) is 0 Å². The monoisotopic (exact) mass is 217 g/mol. The maximum Gasteiger partial charge on any atom is 0.231 e. The molecule has 1 aromatic rings. The summed E-state index contributed by atoms with van der Waals surface area (Å²) in [6, 6.07) is 8.13. The maximum atomic E-state index is 11.8. The van der Waals surface area contributed by atoms with E-state index in [2.05, 4.69) is 19.1 Å². The molecule has 2 nitrogen and oxygen atoms in total. The summed E-state index contributed by atoms with van der Waals surface area (Å²) in [5.41, 5.74) is 2.31. The number of hydrogen-bond donors (Lipinski definition) is 0. The Hall–Kier alpha value is -1.31. The SMILES string of the molecule is CCCCCCN1C(=O)Cc2ccccc21. The lowest BCUT2D eigenvalue weighted by Crippen LogP contribution is -2.27. The average molecular weight is 217 g/mol. The summed E-state index contributed by atoms with van der Waals surface area (Å²) in [5.74, 6) is 0.262. The van der Waals surface area contributed by atoms with Crippen molar-refractivity contribution in [3.05, 3.63) is 29.8 Å². The predicted molar refractivity (Wildman–Crippen MR) is 66.6 cm³/mol. The fraction of sp³-hybridized carbons (Fsp3) is 0.500. The first-order valence-corrected chi connectivity index (χ1v) is 6.21. The summed E-state index contributed by atoms with van der Waals surface area (Å²) in [5, 5.41) is 0. The second kappa shape index (κ2) is 5.15. The van der Waals surface area contributed by atoms with E-state index in [1.54, 1.807) is 0 Å². The Bertz CT molecular complexity index is 373. The van der Waals surface area contributed by atoms with E-state index in [0.29, 0.717) is 6.42 Å². The Morgan fingerprint density at radius 2 is 2.00 bits per heavy atom. The minimum atomic E-state index is 0.262. The molecule has 0 saturated carbocycles. The molecule has 2 heteroatoms. The number of unbranched alkanes of at least 4 members (excludes halogenated alkanes) is 3. The van der Waals surface area contributed by atoms with Crippen molar-refractivity contribution in [2.45, 2.75) is 39.0 Å². The second-order valence-electron chi connectivity index (χ2n) is 4.41. The van der Waals surface area contributed by atoms with Gasteiger partial charge in [0, 0.05) is 12.2 Å². The number of carbonyl (C=O) groups is 1. The zero-order chi connectivity index (χ0) is 11.4. The number of anilines is 1. The molecule has 0 aromatic heterocycles. The largest absolute Gasteiger partial charge is 0.312 e. The van der Waals surface area contributed by atoms with Crippen LogP contribution in [0.2, 0.25) is 0 Å². The van der Waals surface area contributed by atoms with Gasteiger partial charge in [0.2, 0.25) is 5.91 Å². The Morgan fingerprint density at radius 3 is 2.81 bits per heavy atom. The van der Waals surface area contributed by atoms with Crippen LogP contribution in [0.5, 0.6) is 0 Å². The predicted octanol–water partition coefficient (Wildman–Crippen LogP) is 3.16. The first-order chi connectivity index (χ1) is 7.83. The van der Waals surface area contributed by atoms with Crippen LogP contribution in [0.4, 0.5) is 5.69 Å². The minimum Gasteiger partial charge on any atom is -0.312 e. The first-order valence-electron chi connectivity index (χ1n) is 6.21. The normalized spacial score (nSPS) is 14.3. The van der Waals surface area contributed by atoms with Crippen LogP contribution in [0.15, 0.2) is 24.3 Å². The first kappa shape index (κ1) is 11.2. The highest BCUT2D eigenvalue weighted by molar-refractivity contribution is 6.01. The van der Waals surface area contributed by atoms with Gasteiger partial charge in [-0.3, -0.25) is 4.79 Å². The Balaban J connectivity index is 1.97. The molecule has 0 atom stereocenters. The number of carbonyl (C=O) groups excluding carboxylic acids is 1. The highest BCUT2D eigenvalue weighted by Gasteiger charge is 2.25. The highest BCUT2D eigenvalue weighted by atomic mass is 16.2. The molecular formula is C14H19NO. The van der Waals surface area contributed by atoms with Crippen LogP contribution in [-0.4, -0.2) is 12.5 Å². The third-order valence-electron chi connectivity index (χ3n) is 3.16. The summed E-state index contributed by atoms with van der Waals surface area (Å²) in [4.78, 5) is 13.8. The second-order valence-corrected chi connectivity index (χ2v) is 4.41. The molecule has 1 aromatic carbocycles. The molecule has 86 valence electrons. The molecular weight excluding hydrogens is 198 g/mol. The Morgan fingerprint density at radius 1 is 1.19 bits per heavy atom. The van der Waals surface area contributed by atoms with E-state index in [1.807, 2.05) is 17.0 Å². The summed E-state index contributed by atoms with van der Waals surface area (Å²) >= 11 is 0. The van der Waals surface area contributed by atoms with Crippen LogP contribution >= 0.6 is 0 Å². The van der Waals surface area contributed by atoms with Crippen molar-refractivity contribution >= 4 is 11.6 Å². The highest BCUT2D eigenvalue weighted by Crippen LogP contribution is 2.28. The van der Waals surface area contributed by atoms with Crippen LogP contribution in [0.1, 0.15) is 38.2 Å². The van der Waals surface area contributed by atoms with Crippen LogP contribution in [0.3, 0.4) is 0 Å². The lowest BCUT2D eigenvalue weighted by atomic mass is 10.1. The topological polar surface area (TPSA) is 20.3 Å². The van der Waals surface area contributed by atoms with E-state index in [-0.39, 0.29) is 5.91 Å². The molecule has 1 aliphatic heterocycles. The van der Waals surface area contributed by atoms with Crippen LogP contribution in [0, 0.1) is 0 Å². The number of para-hydroxylation sites is 1. The van der Waals surface area contributed by atoms with Gasteiger partial charge < -0.3 is 4.90 Å². The van der Waals surface area contributed by atoms with Gasteiger partial charge in [-0.05, 0) is 18.1 Å². The van der Waals surface area contributed by atoms with Gasteiger partial charge in [0.15, 0.2) is 0 Å². The number of hydrogen-bond acceptors (Lipinski definition) is 1. The molecule has 16 heavy (non-hydrogen) atoms. The van der Waals surface area contributed by atoms with Crippen molar-refractivity contribution in [2.75, 3.05) is 11.4 Å². The molecule has 0 radical (unpaired) electrons. The van der Waals surface area contributed by atoms with Gasteiger partial charge in [-0.15, -0.1) is 0 Å². The molecule has 1 aliphatic rings. The van der Waals surface area contributed by atoms with Crippen LogP contribution < -0.4 is 4.90 Å². The van der Waals surface area contributed by atoms with Gasteiger partial charge in [-0.25, -0.2) is 0 Å². The van der Waals surface area contributed by atoms with E-state index in [9.17, 15) is 4.79 Å². The van der Waals surface area contributed by atoms with Crippen LogP contribution in [-0.2, 0) is 11.2 Å². The number of rotatable bonds is 5. The average Bonchev–Trinajstić information content (AvgIpc) is 2.61. The third-order valence-corrected chi connectivity index (χ3v) is 3.16. The smallest absolute Gasteiger partial charge is 0.231 e. The lowest BCUT2D eigenvalue weighted by Gasteiger charge is -2.17. The van der Waals surface area contributed by atoms with Crippen molar-refractivity contribution in [1.29, 1.82) is 0 Å². The maximum absolute atomic E-state index is 11.8. The fourth-order valence-electron chi connectivity index (χ4n) is 2.26. The summed E-state index contributed by atoms with van der Waals surface area (Å²) in [6.45, 7) is 3.09. The molecule has 0 bridgehead atoms. The van der Waals surface area contributed by atoms with Crippen molar-refractivity contribution in [3.8, 4) is 0 Å². The number of nitrogens with zero attached hydrogens (tertiary/aromatic N) is 1. The summed E-state index contributed by atoms with van der Waals surface area (Å²) < 4.78 is 0. The molecule has 2 rings (SSSR count). The van der Waals surface area contributed by atoms with Gasteiger partial charge in [-0.2, -0.15) is 0 Å². The lowest BCUT2D eigenvalue weighted by molar-refractivity contribution is -0.117. The zero-order valence-electron chi connectivity index (χ0n) is 9.91. The number of benzene rings is 1. The van der Waals surface area contributed by atoms with Crippen molar-refractivity contribution < 1.29 is 4.79 Å². The zero-order valence-corrected chi connectivity index (χ0v) is 9.91. The van der Waals surface area contributed by atoms with Crippen molar-refractivity contribution in [2.24, 2.45) is 0 Å². The van der Waals surface area contributed by atoms with E-state index in [0.717, 1.165) is 18.7 Å². The van der Waals surface area contributed by atoms with E-state index in [4.69, 9.17) is 0 Å². The quantitative estimate of drug-likeness (QED) is 0.694. The standard InChI is InChI=1S/C14H19NO/c1-2-3-4-7-10-15-13-9-6-5-8-12(13)11-14(15)16/h5-6,8-9H,2-4,7,10-11H2,1H3. The van der Waals surface area contributed by atoms with Gasteiger partial charge in [0.05, 0.1) is 6.42 Å². The molecule has 1 heterocycles. The molecule has 0 spiro atoms. The van der Waals surface area contributed by atoms with E-state index >= 15 is 0 Å². The molecule has 0 fully saturated rings. The summed E-state index contributed by atoms with van der Waals surface area (Å²) in [6.07, 6.45) is 5.44. The molecule has 0 saturated heterocycles. The minimum absolute atomic E-state index is 0.262. The van der Waals surface area contributed by atoms with Gasteiger partial charge in [0.25, 0.3) is 0 Å². The van der Waals surface area contributed by atoms with E-state index < -0.39 is 0 Å². The van der Waals surface area contributed by atoms with E-state index in [1.165, 1.54) is 24.8 Å².